The molecule has 2 aromatic rings. The third-order valence-corrected chi connectivity index (χ3v) is 7.29. The van der Waals surface area contributed by atoms with Crippen molar-refractivity contribution < 1.29 is 24.0 Å². The SMILES string of the molecule is CC1(C)S[C@@H]2[C@H](NC(=O)Cc3ccccc3)C(=O)N2[C@H]1C(=O)OCc1ccc([N+](=O)[O-])cc1. The van der Waals surface area contributed by atoms with Crippen LogP contribution in [0.15, 0.2) is 54.6 Å². The van der Waals surface area contributed by atoms with Crippen LogP contribution in [0.3, 0.4) is 0 Å². The number of hydrogen-bond donors (Lipinski definition) is 1. The van der Waals surface area contributed by atoms with Crippen LogP contribution < -0.4 is 5.32 Å². The Kier molecular flexibility index (Phi) is 6.11. The fourth-order valence-electron chi connectivity index (χ4n) is 4.08. The molecule has 2 aliphatic heterocycles. The molecule has 2 aliphatic rings. The molecule has 0 bridgehead atoms. The van der Waals surface area contributed by atoms with Crippen LogP contribution in [0.2, 0.25) is 0 Å². The average molecular weight is 470 g/mol. The van der Waals surface area contributed by atoms with Crippen molar-refractivity contribution in [2.24, 2.45) is 0 Å². The second kappa shape index (κ2) is 8.86. The van der Waals surface area contributed by atoms with Crippen molar-refractivity contribution in [3.05, 3.63) is 75.8 Å². The highest BCUT2D eigenvalue weighted by molar-refractivity contribution is 8.01. The number of nitro groups is 1. The molecule has 3 atom stereocenters. The van der Waals surface area contributed by atoms with Crippen molar-refractivity contribution >= 4 is 35.2 Å². The zero-order chi connectivity index (χ0) is 23.8. The molecular weight excluding hydrogens is 446 g/mol. The van der Waals surface area contributed by atoms with Gasteiger partial charge in [0.2, 0.25) is 11.8 Å². The molecular formula is C23H23N3O6S. The fourth-order valence-corrected chi connectivity index (χ4v) is 5.70. The molecule has 10 heteroatoms. The van der Waals surface area contributed by atoms with Gasteiger partial charge in [-0.3, -0.25) is 19.7 Å². The Morgan fingerprint density at radius 3 is 2.42 bits per heavy atom. The number of carbonyl (C=O) groups is 3. The van der Waals surface area contributed by atoms with Gasteiger partial charge in [-0.25, -0.2) is 4.79 Å². The van der Waals surface area contributed by atoms with Gasteiger partial charge in [0, 0.05) is 16.9 Å². The van der Waals surface area contributed by atoms with Gasteiger partial charge in [-0.15, -0.1) is 11.8 Å². The van der Waals surface area contributed by atoms with Crippen LogP contribution in [0.5, 0.6) is 0 Å². The van der Waals surface area contributed by atoms with E-state index in [4.69, 9.17) is 4.74 Å². The van der Waals surface area contributed by atoms with Gasteiger partial charge in [-0.1, -0.05) is 30.3 Å². The van der Waals surface area contributed by atoms with Gasteiger partial charge in [-0.2, -0.15) is 0 Å². The zero-order valence-electron chi connectivity index (χ0n) is 18.1. The molecule has 0 unspecified atom stereocenters. The number of thioether (sulfide) groups is 1. The maximum absolute atomic E-state index is 12.9. The Bertz CT molecular complexity index is 1090. The number of rotatable bonds is 7. The molecule has 4 rings (SSSR count). The number of fused-ring (bicyclic) bond motifs is 1. The lowest BCUT2D eigenvalue weighted by atomic mass is 9.96. The number of non-ortho nitro benzene ring substituents is 1. The Morgan fingerprint density at radius 1 is 1.12 bits per heavy atom. The highest BCUT2D eigenvalue weighted by atomic mass is 32.2. The number of esters is 1. The molecule has 2 saturated heterocycles. The van der Waals surface area contributed by atoms with Crippen molar-refractivity contribution in [2.75, 3.05) is 0 Å². The van der Waals surface area contributed by atoms with E-state index in [0.29, 0.717) is 5.56 Å². The number of hydrogen-bond acceptors (Lipinski definition) is 7. The van der Waals surface area contributed by atoms with Gasteiger partial charge in [0.05, 0.1) is 11.3 Å². The van der Waals surface area contributed by atoms with Crippen molar-refractivity contribution in [1.29, 1.82) is 0 Å². The third-order valence-electron chi connectivity index (χ3n) is 5.72. The second-order valence-corrected chi connectivity index (χ2v) is 10.3. The van der Waals surface area contributed by atoms with E-state index in [1.165, 1.54) is 40.9 Å². The van der Waals surface area contributed by atoms with Crippen LogP contribution in [0.4, 0.5) is 5.69 Å². The highest BCUT2D eigenvalue weighted by Crippen LogP contribution is 2.51. The molecule has 33 heavy (non-hydrogen) atoms. The Morgan fingerprint density at radius 2 is 1.79 bits per heavy atom. The lowest BCUT2D eigenvalue weighted by Crippen LogP contribution is -2.70. The summed E-state index contributed by atoms with van der Waals surface area (Å²) in [4.78, 5) is 49.9. The van der Waals surface area contributed by atoms with E-state index in [-0.39, 0.29) is 35.9 Å². The molecule has 2 amide bonds. The molecule has 0 spiro atoms. The molecule has 0 saturated carbocycles. The molecule has 9 nitrogen and oxygen atoms in total. The average Bonchev–Trinajstić information content (AvgIpc) is 3.04. The predicted molar refractivity (Wildman–Crippen MR) is 121 cm³/mol. The maximum atomic E-state index is 12.9. The normalized spacial score (nSPS) is 22.8. The lowest BCUT2D eigenvalue weighted by Gasteiger charge is -2.44. The zero-order valence-corrected chi connectivity index (χ0v) is 18.9. The van der Waals surface area contributed by atoms with E-state index in [0.717, 1.165) is 5.56 Å². The monoisotopic (exact) mass is 469 g/mol. The standard InChI is InChI=1S/C23H23N3O6S/c1-23(2)19(22(29)32-13-15-8-10-16(11-9-15)26(30)31)25-20(28)18(21(25)33-23)24-17(27)12-14-6-4-3-5-7-14/h3-11,18-19,21H,12-13H2,1-2H3,(H,24,27)/t18-,19+,21-/m1/s1. The molecule has 0 aliphatic carbocycles. The number of carbonyl (C=O) groups excluding carboxylic acids is 3. The number of ether oxygens (including phenoxy) is 1. The van der Waals surface area contributed by atoms with Crippen LogP contribution in [-0.2, 0) is 32.1 Å². The topological polar surface area (TPSA) is 119 Å². The third kappa shape index (κ3) is 4.56. The van der Waals surface area contributed by atoms with Gasteiger partial charge in [0.15, 0.2) is 0 Å². The van der Waals surface area contributed by atoms with Gasteiger partial charge in [-0.05, 0) is 37.1 Å². The maximum Gasteiger partial charge on any atom is 0.330 e. The molecule has 2 fully saturated rings. The number of β-lactam (4-membered cyclic amide) rings is 1. The van der Waals surface area contributed by atoms with Gasteiger partial charge in [0.1, 0.15) is 24.1 Å². The molecule has 0 aromatic heterocycles. The number of nitrogens with zero attached hydrogens (tertiary/aromatic N) is 2. The highest BCUT2D eigenvalue weighted by Gasteiger charge is 2.64. The summed E-state index contributed by atoms with van der Waals surface area (Å²) in [6.07, 6.45) is 0.173. The second-order valence-electron chi connectivity index (χ2n) is 8.50. The minimum atomic E-state index is -0.791. The van der Waals surface area contributed by atoms with Crippen molar-refractivity contribution in [1.82, 2.24) is 10.2 Å². The quantitative estimate of drug-likeness (QED) is 0.286. The number of amides is 2. The van der Waals surface area contributed by atoms with Crippen LogP contribution in [0.1, 0.15) is 25.0 Å². The first kappa shape index (κ1) is 22.8. The molecule has 2 heterocycles. The smallest absolute Gasteiger partial charge is 0.330 e. The minimum absolute atomic E-state index is 0.0484. The summed E-state index contributed by atoms with van der Waals surface area (Å²) in [7, 11) is 0. The molecule has 1 N–H and O–H groups in total. The Balaban J connectivity index is 1.37. The summed E-state index contributed by atoms with van der Waals surface area (Å²) in [5.41, 5.74) is 1.41. The Labute approximate surface area is 194 Å². The van der Waals surface area contributed by atoms with Crippen LogP contribution in [0.25, 0.3) is 0 Å². The Hall–Kier alpha value is -3.40. The van der Waals surface area contributed by atoms with Crippen molar-refractivity contribution in [2.45, 2.75) is 49.1 Å². The van der Waals surface area contributed by atoms with E-state index in [9.17, 15) is 24.5 Å². The number of nitrogens with one attached hydrogen (secondary N) is 1. The largest absolute Gasteiger partial charge is 0.459 e. The van der Waals surface area contributed by atoms with Crippen LogP contribution in [-0.4, -0.2) is 49.8 Å². The predicted octanol–water partition coefficient (Wildman–Crippen LogP) is 2.43. The van der Waals surface area contributed by atoms with E-state index in [1.54, 1.807) is 0 Å². The summed E-state index contributed by atoms with van der Waals surface area (Å²) in [5.74, 6) is -1.10. The van der Waals surface area contributed by atoms with Crippen molar-refractivity contribution in [3.8, 4) is 0 Å². The summed E-state index contributed by atoms with van der Waals surface area (Å²) >= 11 is 1.46. The van der Waals surface area contributed by atoms with Crippen molar-refractivity contribution in [3.63, 3.8) is 0 Å². The fraction of sp³-hybridized carbons (Fsp3) is 0.348. The van der Waals surface area contributed by atoms with Gasteiger partial charge >= 0.3 is 5.97 Å². The molecule has 172 valence electrons. The number of nitro benzene ring substituents is 1. The summed E-state index contributed by atoms with van der Waals surface area (Å²) in [6.45, 7) is 3.67. The molecule has 0 radical (unpaired) electrons. The van der Waals surface area contributed by atoms with Gasteiger partial charge < -0.3 is 15.0 Å². The van der Waals surface area contributed by atoms with Crippen LogP contribution in [0, 0.1) is 10.1 Å². The van der Waals surface area contributed by atoms with E-state index in [2.05, 4.69) is 5.32 Å². The van der Waals surface area contributed by atoms with Crippen LogP contribution >= 0.6 is 11.8 Å². The lowest BCUT2D eigenvalue weighted by molar-refractivity contribution is -0.384. The minimum Gasteiger partial charge on any atom is -0.459 e. The summed E-state index contributed by atoms with van der Waals surface area (Å²) in [6, 6.07) is 13.5. The van der Waals surface area contributed by atoms with Gasteiger partial charge in [0.25, 0.3) is 5.69 Å². The first-order valence-corrected chi connectivity index (χ1v) is 11.3. The number of benzene rings is 2. The first-order chi connectivity index (χ1) is 15.7. The van der Waals surface area contributed by atoms with E-state index < -0.39 is 27.7 Å². The van der Waals surface area contributed by atoms with E-state index >= 15 is 0 Å². The first-order valence-electron chi connectivity index (χ1n) is 10.4. The van der Waals surface area contributed by atoms with E-state index in [1.807, 2.05) is 44.2 Å². The molecule has 2 aromatic carbocycles. The summed E-state index contributed by atoms with van der Waals surface area (Å²) in [5, 5.41) is 13.2. The summed E-state index contributed by atoms with van der Waals surface area (Å²) < 4.78 is 4.84.